The van der Waals surface area contributed by atoms with E-state index in [0.717, 1.165) is 31.7 Å². The Morgan fingerprint density at radius 2 is 1.82 bits per heavy atom. The number of hydrogen-bond donors (Lipinski definition) is 0. The summed E-state index contributed by atoms with van der Waals surface area (Å²) in [5.74, 6) is 1.05. The Bertz CT molecular complexity index is 356. The molecule has 0 nitrogen and oxygen atoms in total. The Hall–Kier alpha value is 0.519. The van der Waals surface area contributed by atoms with E-state index in [1.807, 2.05) is 0 Å². The maximum absolute atomic E-state index is 2.66. The zero-order valence-corrected chi connectivity index (χ0v) is 13.4. The third-order valence-corrected chi connectivity index (χ3v) is 10.6. The zero-order valence-electron chi connectivity index (χ0n) is 11.6. The summed E-state index contributed by atoms with van der Waals surface area (Å²) in [5.41, 5.74) is 2.98. The van der Waals surface area contributed by atoms with E-state index in [0.29, 0.717) is 10.8 Å². The molecular formula is C16H26Se. The maximum atomic E-state index is 2.66. The first-order valence-corrected chi connectivity index (χ1v) is 9.93. The average molecular weight is 297 g/mol. The molecule has 0 radical (unpaired) electrons. The van der Waals surface area contributed by atoms with Gasteiger partial charge in [0.1, 0.15) is 0 Å². The van der Waals surface area contributed by atoms with Crippen molar-refractivity contribution in [1.82, 2.24) is 0 Å². The fourth-order valence-electron chi connectivity index (χ4n) is 6.45. The Kier molecular flexibility index (Phi) is 1.99. The molecule has 1 saturated heterocycles. The minimum absolute atomic E-state index is 0.637. The predicted molar refractivity (Wildman–Crippen MR) is 73.3 cm³/mol. The molecule has 3 saturated carbocycles. The molecule has 1 heteroatoms. The molecule has 17 heavy (non-hydrogen) atoms. The van der Waals surface area contributed by atoms with Gasteiger partial charge in [0.25, 0.3) is 0 Å². The van der Waals surface area contributed by atoms with Crippen LogP contribution in [0.1, 0.15) is 59.3 Å². The van der Waals surface area contributed by atoms with Crippen molar-refractivity contribution >= 4 is 15.0 Å². The van der Waals surface area contributed by atoms with Crippen LogP contribution in [0.15, 0.2) is 0 Å². The van der Waals surface area contributed by atoms with Crippen molar-refractivity contribution in [3.63, 3.8) is 0 Å². The van der Waals surface area contributed by atoms with Crippen molar-refractivity contribution in [2.75, 3.05) is 0 Å². The molecule has 0 aromatic rings. The summed E-state index contributed by atoms with van der Waals surface area (Å²) in [7, 11) is 0. The van der Waals surface area contributed by atoms with E-state index >= 15 is 0 Å². The SMILES string of the molecule is CC1(C)C2CCC1(C)C1(C2)CC2(CC[Se]C2)C1. The standard InChI is InChI=1S/C16H26Se/c1-13(2)12-4-5-14(13,3)16(8-12)9-15(10-16)6-7-17-11-15/h12H,4-11H2,1-3H3. The molecule has 0 amide bonds. The van der Waals surface area contributed by atoms with Crippen LogP contribution >= 0.6 is 0 Å². The van der Waals surface area contributed by atoms with Crippen molar-refractivity contribution in [2.45, 2.75) is 69.9 Å². The summed E-state index contributed by atoms with van der Waals surface area (Å²) < 4.78 is 0. The molecule has 2 unspecified atom stereocenters. The van der Waals surface area contributed by atoms with E-state index in [1.165, 1.54) is 12.8 Å². The van der Waals surface area contributed by atoms with Crippen LogP contribution in [0.4, 0.5) is 0 Å². The van der Waals surface area contributed by atoms with Gasteiger partial charge >= 0.3 is 112 Å². The third-order valence-electron chi connectivity index (χ3n) is 7.85. The van der Waals surface area contributed by atoms with Crippen molar-refractivity contribution in [1.29, 1.82) is 0 Å². The van der Waals surface area contributed by atoms with Crippen LogP contribution in [-0.2, 0) is 0 Å². The van der Waals surface area contributed by atoms with Gasteiger partial charge in [-0.3, -0.25) is 0 Å². The Labute approximate surface area is 112 Å². The van der Waals surface area contributed by atoms with Gasteiger partial charge in [0.05, 0.1) is 0 Å². The van der Waals surface area contributed by atoms with Gasteiger partial charge in [-0.05, 0) is 0 Å². The van der Waals surface area contributed by atoms with Gasteiger partial charge in [0.2, 0.25) is 0 Å². The second kappa shape index (κ2) is 2.98. The molecule has 4 aliphatic rings. The predicted octanol–water partition coefficient (Wildman–Crippen LogP) is 4.54. The van der Waals surface area contributed by atoms with Crippen molar-refractivity contribution in [3.8, 4) is 0 Å². The molecule has 4 rings (SSSR count). The Morgan fingerprint density at radius 1 is 1.06 bits per heavy atom. The topological polar surface area (TPSA) is 0 Å². The first-order valence-electron chi connectivity index (χ1n) is 7.51. The van der Waals surface area contributed by atoms with Gasteiger partial charge in [-0.15, -0.1) is 0 Å². The van der Waals surface area contributed by atoms with Gasteiger partial charge in [0.15, 0.2) is 0 Å². The Morgan fingerprint density at radius 3 is 2.29 bits per heavy atom. The molecule has 96 valence electrons. The zero-order chi connectivity index (χ0) is 11.9. The van der Waals surface area contributed by atoms with E-state index in [2.05, 4.69) is 20.8 Å². The van der Waals surface area contributed by atoms with Crippen LogP contribution in [0.3, 0.4) is 0 Å². The van der Waals surface area contributed by atoms with E-state index in [9.17, 15) is 0 Å². The number of fused-ring (bicyclic) bond motifs is 3. The van der Waals surface area contributed by atoms with Crippen LogP contribution in [0, 0.1) is 27.6 Å². The van der Waals surface area contributed by atoms with Crippen LogP contribution in [0.2, 0.25) is 10.6 Å². The molecule has 4 fully saturated rings. The first-order chi connectivity index (χ1) is 7.93. The summed E-state index contributed by atoms with van der Waals surface area (Å²) in [6.45, 7) is 7.83. The van der Waals surface area contributed by atoms with Crippen LogP contribution < -0.4 is 0 Å². The minimum atomic E-state index is 0.637. The number of hydrogen-bond acceptors (Lipinski definition) is 0. The number of rotatable bonds is 0. The van der Waals surface area contributed by atoms with E-state index in [-0.39, 0.29) is 0 Å². The van der Waals surface area contributed by atoms with E-state index < -0.39 is 0 Å². The normalized spacial score (nSPS) is 53.5. The molecule has 3 aliphatic carbocycles. The second-order valence-corrected chi connectivity index (χ2v) is 10.7. The fraction of sp³-hybridized carbons (Fsp3) is 1.00. The van der Waals surface area contributed by atoms with Gasteiger partial charge in [-0.2, -0.15) is 0 Å². The van der Waals surface area contributed by atoms with Crippen molar-refractivity contribution < 1.29 is 0 Å². The van der Waals surface area contributed by atoms with Crippen LogP contribution in [0.25, 0.3) is 0 Å². The van der Waals surface area contributed by atoms with Gasteiger partial charge in [-0.1, -0.05) is 0 Å². The summed E-state index contributed by atoms with van der Waals surface area (Å²) in [5, 5.41) is 3.22. The molecular weight excluding hydrogens is 271 g/mol. The summed E-state index contributed by atoms with van der Waals surface area (Å²) >= 11 is 1.01. The summed E-state index contributed by atoms with van der Waals surface area (Å²) in [6.07, 6.45) is 9.49. The first kappa shape index (κ1) is 11.4. The molecule has 1 heterocycles. The Balaban J connectivity index is 1.66. The third kappa shape index (κ3) is 1.09. The molecule has 0 N–H and O–H groups in total. The van der Waals surface area contributed by atoms with Crippen LogP contribution in [-0.4, -0.2) is 15.0 Å². The average Bonchev–Trinajstić information content (AvgIpc) is 2.80. The van der Waals surface area contributed by atoms with Crippen LogP contribution in [0.5, 0.6) is 0 Å². The molecule has 2 atom stereocenters. The van der Waals surface area contributed by atoms with Gasteiger partial charge < -0.3 is 0 Å². The quantitative estimate of drug-likeness (QED) is 0.576. The molecule has 0 aromatic carbocycles. The molecule has 2 spiro atoms. The van der Waals surface area contributed by atoms with Gasteiger partial charge in [0, 0.05) is 0 Å². The fourth-order valence-corrected chi connectivity index (χ4v) is 9.60. The van der Waals surface area contributed by atoms with E-state index in [1.54, 1.807) is 36.3 Å². The van der Waals surface area contributed by atoms with Crippen molar-refractivity contribution in [2.24, 2.45) is 27.6 Å². The van der Waals surface area contributed by atoms with Gasteiger partial charge in [-0.25, -0.2) is 0 Å². The summed E-state index contributed by atoms with van der Waals surface area (Å²) in [6, 6.07) is 0. The molecule has 1 aliphatic heterocycles. The monoisotopic (exact) mass is 298 g/mol. The second-order valence-electron chi connectivity index (χ2n) is 8.43. The molecule has 2 bridgehead atoms. The molecule has 0 aromatic heterocycles. The van der Waals surface area contributed by atoms with E-state index in [4.69, 9.17) is 0 Å². The summed E-state index contributed by atoms with van der Waals surface area (Å²) in [4.78, 5) is 0. The van der Waals surface area contributed by atoms with Crippen molar-refractivity contribution in [3.05, 3.63) is 0 Å².